The summed E-state index contributed by atoms with van der Waals surface area (Å²) in [7, 11) is 0. The SMILES string of the molecule is N=C(c1ccccc1)N1CCCN2CCCC2C1. The largest absolute Gasteiger partial charge is 0.355 e. The Kier molecular flexibility index (Phi) is 3.33. The fourth-order valence-electron chi connectivity index (χ4n) is 3.19. The van der Waals surface area contributed by atoms with Gasteiger partial charge in [0.15, 0.2) is 0 Å². The lowest BCUT2D eigenvalue weighted by Crippen LogP contribution is -2.39. The Bertz CT molecular complexity index is 415. The third-order valence-corrected chi connectivity index (χ3v) is 4.17. The summed E-state index contributed by atoms with van der Waals surface area (Å²) in [6, 6.07) is 10.8. The van der Waals surface area contributed by atoms with Crippen molar-refractivity contribution >= 4 is 5.84 Å². The summed E-state index contributed by atoms with van der Waals surface area (Å²) in [5.41, 5.74) is 1.05. The predicted octanol–water partition coefficient (Wildman–Crippen LogP) is 2.18. The first kappa shape index (κ1) is 11.7. The molecular formula is C15H21N3. The van der Waals surface area contributed by atoms with Crippen LogP contribution in [0.4, 0.5) is 0 Å². The standard InChI is InChI=1S/C15H21N3/c16-15(13-6-2-1-3-7-13)18-11-5-10-17-9-4-8-14(17)12-18/h1-3,6-7,14,16H,4-5,8-12H2. The van der Waals surface area contributed by atoms with Crippen molar-refractivity contribution in [2.24, 2.45) is 0 Å². The third kappa shape index (κ3) is 2.27. The molecular weight excluding hydrogens is 222 g/mol. The molecule has 2 heterocycles. The van der Waals surface area contributed by atoms with Gasteiger partial charge in [0.25, 0.3) is 0 Å². The second-order valence-electron chi connectivity index (χ2n) is 5.35. The average molecular weight is 243 g/mol. The minimum atomic E-state index is 0.677. The van der Waals surface area contributed by atoms with Crippen LogP contribution in [0.2, 0.25) is 0 Å². The fraction of sp³-hybridized carbons (Fsp3) is 0.533. The molecule has 0 aliphatic carbocycles. The van der Waals surface area contributed by atoms with Crippen LogP contribution < -0.4 is 0 Å². The smallest absolute Gasteiger partial charge is 0.128 e. The Hall–Kier alpha value is -1.35. The molecule has 3 rings (SSSR count). The lowest BCUT2D eigenvalue weighted by atomic mass is 10.1. The molecule has 1 N–H and O–H groups in total. The van der Waals surface area contributed by atoms with Crippen molar-refractivity contribution in [1.29, 1.82) is 5.41 Å². The van der Waals surface area contributed by atoms with Crippen LogP contribution in [0.25, 0.3) is 0 Å². The first-order valence-electron chi connectivity index (χ1n) is 6.97. The lowest BCUT2D eigenvalue weighted by molar-refractivity contribution is 0.255. The molecule has 0 aromatic heterocycles. The van der Waals surface area contributed by atoms with Gasteiger partial charge in [-0.25, -0.2) is 0 Å². The second-order valence-corrected chi connectivity index (χ2v) is 5.35. The van der Waals surface area contributed by atoms with E-state index >= 15 is 0 Å². The quantitative estimate of drug-likeness (QED) is 0.605. The number of amidine groups is 1. The van der Waals surface area contributed by atoms with E-state index < -0.39 is 0 Å². The van der Waals surface area contributed by atoms with E-state index in [1.165, 1.54) is 32.4 Å². The Morgan fingerprint density at radius 3 is 2.67 bits per heavy atom. The molecule has 0 saturated carbocycles. The zero-order valence-corrected chi connectivity index (χ0v) is 10.8. The van der Waals surface area contributed by atoms with Crippen molar-refractivity contribution in [2.75, 3.05) is 26.2 Å². The molecule has 0 spiro atoms. The number of nitrogens with one attached hydrogen (secondary N) is 1. The first-order chi connectivity index (χ1) is 8.84. The van der Waals surface area contributed by atoms with Crippen molar-refractivity contribution in [3.05, 3.63) is 35.9 Å². The summed E-state index contributed by atoms with van der Waals surface area (Å²) >= 11 is 0. The van der Waals surface area contributed by atoms with Crippen molar-refractivity contribution in [2.45, 2.75) is 25.3 Å². The predicted molar refractivity (Wildman–Crippen MR) is 74.1 cm³/mol. The van der Waals surface area contributed by atoms with E-state index in [0.717, 1.165) is 18.7 Å². The maximum Gasteiger partial charge on any atom is 0.128 e. The molecule has 2 aliphatic rings. The van der Waals surface area contributed by atoms with E-state index in [4.69, 9.17) is 5.41 Å². The number of hydrogen-bond donors (Lipinski definition) is 1. The van der Waals surface area contributed by atoms with Gasteiger partial charge in [-0.3, -0.25) is 10.3 Å². The molecule has 1 atom stereocenters. The summed E-state index contributed by atoms with van der Waals surface area (Å²) < 4.78 is 0. The highest BCUT2D eigenvalue weighted by Gasteiger charge is 2.29. The van der Waals surface area contributed by atoms with E-state index in [-0.39, 0.29) is 0 Å². The topological polar surface area (TPSA) is 30.3 Å². The summed E-state index contributed by atoms with van der Waals surface area (Å²) in [5.74, 6) is 0.698. The molecule has 2 saturated heterocycles. The maximum absolute atomic E-state index is 8.38. The van der Waals surface area contributed by atoms with Crippen LogP contribution in [0.15, 0.2) is 30.3 Å². The lowest BCUT2D eigenvalue weighted by Gasteiger charge is -2.27. The molecule has 1 aromatic carbocycles. The molecule has 0 bridgehead atoms. The number of rotatable bonds is 1. The minimum absolute atomic E-state index is 0.677. The van der Waals surface area contributed by atoms with Crippen LogP contribution in [0, 0.1) is 5.41 Å². The van der Waals surface area contributed by atoms with Gasteiger partial charge in [-0.15, -0.1) is 0 Å². The minimum Gasteiger partial charge on any atom is -0.355 e. The molecule has 3 heteroatoms. The van der Waals surface area contributed by atoms with Gasteiger partial charge in [0.05, 0.1) is 0 Å². The third-order valence-electron chi connectivity index (χ3n) is 4.17. The van der Waals surface area contributed by atoms with Gasteiger partial charge < -0.3 is 4.90 Å². The highest BCUT2D eigenvalue weighted by molar-refractivity contribution is 5.96. The molecule has 2 aliphatic heterocycles. The van der Waals surface area contributed by atoms with Crippen LogP contribution in [0.1, 0.15) is 24.8 Å². The van der Waals surface area contributed by atoms with E-state index in [0.29, 0.717) is 11.9 Å². The average Bonchev–Trinajstić information content (AvgIpc) is 2.76. The van der Waals surface area contributed by atoms with Gasteiger partial charge in [0, 0.05) is 31.2 Å². The zero-order valence-electron chi connectivity index (χ0n) is 10.8. The van der Waals surface area contributed by atoms with Gasteiger partial charge in [0.2, 0.25) is 0 Å². The van der Waals surface area contributed by atoms with Gasteiger partial charge in [0.1, 0.15) is 5.84 Å². The molecule has 3 nitrogen and oxygen atoms in total. The summed E-state index contributed by atoms with van der Waals surface area (Å²) in [4.78, 5) is 4.88. The highest BCUT2D eigenvalue weighted by atomic mass is 15.3. The number of hydrogen-bond acceptors (Lipinski definition) is 2. The Morgan fingerprint density at radius 2 is 1.83 bits per heavy atom. The monoisotopic (exact) mass is 243 g/mol. The van der Waals surface area contributed by atoms with E-state index in [9.17, 15) is 0 Å². The van der Waals surface area contributed by atoms with Crippen molar-refractivity contribution < 1.29 is 0 Å². The maximum atomic E-state index is 8.38. The second kappa shape index (κ2) is 5.11. The molecule has 96 valence electrons. The van der Waals surface area contributed by atoms with Crippen LogP contribution in [0.3, 0.4) is 0 Å². The van der Waals surface area contributed by atoms with Crippen LogP contribution in [-0.2, 0) is 0 Å². The van der Waals surface area contributed by atoms with Gasteiger partial charge in [-0.1, -0.05) is 30.3 Å². The van der Waals surface area contributed by atoms with Crippen LogP contribution >= 0.6 is 0 Å². The van der Waals surface area contributed by atoms with E-state index in [2.05, 4.69) is 9.80 Å². The molecule has 1 aromatic rings. The zero-order chi connectivity index (χ0) is 12.4. The highest BCUT2D eigenvalue weighted by Crippen LogP contribution is 2.22. The first-order valence-corrected chi connectivity index (χ1v) is 6.97. The summed E-state index contributed by atoms with van der Waals surface area (Å²) in [5, 5.41) is 8.38. The molecule has 2 fully saturated rings. The van der Waals surface area contributed by atoms with Gasteiger partial charge in [-0.05, 0) is 25.8 Å². The number of nitrogens with zero attached hydrogens (tertiary/aromatic N) is 2. The molecule has 1 unspecified atom stereocenters. The molecule has 0 radical (unpaired) electrons. The molecule has 18 heavy (non-hydrogen) atoms. The fourth-order valence-corrected chi connectivity index (χ4v) is 3.19. The van der Waals surface area contributed by atoms with Crippen molar-refractivity contribution in [3.8, 4) is 0 Å². The normalized spacial score (nSPS) is 24.7. The Morgan fingerprint density at radius 1 is 1.06 bits per heavy atom. The van der Waals surface area contributed by atoms with Gasteiger partial charge >= 0.3 is 0 Å². The summed E-state index contributed by atoms with van der Waals surface area (Å²) in [6.07, 6.45) is 3.82. The van der Waals surface area contributed by atoms with Crippen molar-refractivity contribution in [1.82, 2.24) is 9.80 Å². The summed E-state index contributed by atoms with van der Waals surface area (Å²) in [6.45, 7) is 4.54. The van der Waals surface area contributed by atoms with Gasteiger partial charge in [-0.2, -0.15) is 0 Å². The Labute approximate surface area is 109 Å². The van der Waals surface area contributed by atoms with Crippen LogP contribution in [0.5, 0.6) is 0 Å². The van der Waals surface area contributed by atoms with E-state index in [1.807, 2.05) is 30.3 Å². The number of benzene rings is 1. The van der Waals surface area contributed by atoms with Crippen molar-refractivity contribution in [3.63, 3.8) is 0 Å². The Balaban J connectivity index is 1.74. The van der Waals surface area contributed by atoms with E-state index in [1.54, 1.807) is 0 Å². The number of fused-ring (bicyclic) bond motifs is 1. The molecule has 0 amide bonds. The van der Waals surface area contributed by atoms with Crippen LogP contribution in [-0.4, -0.2) is 47.9 Å².